The molecule has 0 radical (unpaired) electrons. The number of rotatable bonds is 0. The maximum atomic E-state index is 10.6. The summed E-state index contributed by atoms with van der Waals surface area (Å²) in [6.45, 7) is 9.55. The van der Waals surface area contributed by atoms with Crippen molar-refractivity contribution in [1.29, 1.82) is 0 Å². The molecule has 0 aromatic rings. The minimum absolute atomic E-state index is 0.0634. The molecule has 0 aromatic carbocycles. The van der Waals surface area contributed by atoms with E-state index < -0.39 is 0 Å². The van der Waals surface area contributed by atoms with Crippen LogP contribution in [0.3, 0.4) is 0 Å². The minimum atomic E-state index is -0.126. The van der Waals surface area contributed by atoms with E-state index in [0.29, 0.717) is 11.3 Å². The molecular weight excluding hydrogens is 284 g/mol. The fourth-order valence-electron chi connectivity index (χ4n) is 8.06. The number of hydrogen-bond donors (Lipinski definition) is 2. The van der Waals surface area contributed by atoms with Gasteiger partial charge in [0.1, 0.15) is 0 Å². The van der Waals surface area contributed by atoms with Gasteiger partial charge in [-0.3, -0.25) is 0 Å². The van der Waals surface area contributed by atoms with Crippen LogP contribution in [0.15, 0.2) is 0 Å². The van der Waals surface area contributed by atoms with Crippen LogP contribution in [0.4, 0.5) is 0 Å². The Labute approximate surface area is 142 Å². The summed E-state index contributed by atoms with van der Waals surface area (Å²) in [6, 6.07) is 0. The molecule has 4 aliphatic rings. The van der Waals surface area contributed by atoms with E-state index in [4.69, 9.17) is 0 Å². The van der Waals surface area contributed by atoms with E-state index in [1.165, 1.54) is 38.5 Å². The summed E-state index contributed by atoms with van der Waals surface area (Å²) >= 11 is 0. The number of aliphatic hydroxyl groups is 2. The Bertz CT molecular complexity index is 486. The Balaban J connectivity index is 1.67. The fraction of sp³-hybridized carbons (Fsp3) is 1.00. The first-order valence-electron chi connectivity index (χ1n) is 10.1. The van der Waals surface area contributed by atoms with Crippen molar-refractivity contribution in [2.24, 2.45) is 39.9 Å². The van der Waals surface area contributed by atoms with Gasteiger partial charge in [0, 0.05) is 0 Å². The molecule has 0 saturated heterocycles. The summed E-state index contributed by atoms with van der Waals surface area (Å²) in [5.41, 5.74) is 0.655. The molecule has 0 aliphatic heterocycles. The van der Waals surface area contributed by atoms with Gasteiger partial charge >= 0.3 is 0 Å². The van der Waals surface area contributed by atoms with Crippen LogP contribution in [0.25, 0.3) is 0 Å². The smallest absolute Gasteiger partial charge is 0.0596 e. The van der Waals surface area contributed by atoms with Gasteiger partial charge in [0.15, 0.2) is 0 Å². The first-order valence-corrected chi connectivity index (χ1v) is 10.1. The van der Waals surface area contributed by atoms with Crippen molar-refractivity contribution in [2.45, 2.75) is 91.3 Å². The second-order valence-electron chi connectivity index (χ2n) is 10.5. The van der Waals surface area contributed by atoms with E-state index in [0.717, 1.165) is 30.6 Å². The van der Waals surface area contributed by atoms with E-state index in [-0.39, 0.29) is 23.0 Å². The van der Waals surface area contributed by atoms with E-state index in [1.807, 2.05) is 0 Å². The maximum absolute atomic E-state index is 10.6. The van der Waals surface area contributed by atoms with Crippen molar-refractivity contribution >= 4 is 0 Å². The predicted molar refractivity (Wildman–Crippen MR) is 92.9 cm³/mol. The minimum Gasteiger partial charge on any atom is -0.393 e. The van der Waals surface area contributed by atoms with Gasteiger partial charge in [-0.05, 0) is 91.3 Å². The maximum Gasteiger partial charge on any atom is 0.0596 e. The molecule has 0 aromatic heterocycles. The molecule has 0 spiro atoms. The molecule has 4 aliphatic carbocycles. The number of fused-ring (bicyclic) bond motifs is 5. The van der Waals surface area contributed by atoms with Gasteiger partial charge in [0.05, 0.1) is 12.2 Å². The van der Waals surface area contributed by atoms with Crippen LogP contribution in [0.1, 0.15) is 79.1 Å². The SMILES string of the molecule is CC1(C)[C@H](O)CC[C@]2(C)[C@@H]3CC[C@]4(C)[C@@H](O)CC[C@H]4[C@H]3CC[C@@H]12. The molecule has 2 heteroatoms. The molecule has 4 fully saturated rings. The van der Waals surface area contributed by atoms with Crippen LogP contribution in [-0.2, 0) is 0 Å². The molecule has 0 amide bonds. The molecule has 4 saturated carbocycles. The fourth-order valence-corrected chi connectivity index (χ4v) is 8.06. The lowest BCUT2D eigenvalue weighted by Gasteiger charge is -2.64. The first-order chi connectivity index (χ1) is 10.7. The molecule has 8 atom stereocenters. The largest absolute Gasteiger partial charge is 0.393 e. The average Bonchev–Trinajstić information content (AvgIpc) is 2.79. The Hall–Kier alpha value is -0.0800. The van der Waals surface area contributed by atoms with E-state index in [2.05, 4.69) is 27.7 Å². The predicted octanol–water partition coefficient (Wildman–Crippen LogP) is 4.39. The monoisotopic (exact) mass is 320 g/mol. The van der Waals surface area contributed by atoms with Crippen molar-refractivity contribution in [3.05, 3.63) is 0 Å². The van der Waals surface area contributed by atoms with Crippen LogP contribution in [0.2, 0.25) is 0 Å². The van der Waals surface area contributed by atoms with Crippen molar-refractivity contribution in [2.75, 3.05) is 0 Å². The van der Waals surface area contributed by atoms with Gasteiger partial charge in [0.2, 0.25) is 0 Å². The molecule has 0 unspecified atom stereocenters. The number of aliphatic hydroxyl groups excluding tert-OH is 2. The van der Waals surface area contributed by atoms with Gasteiger partial charge in [0.25, 0.3) is 0 Å². The molecule has 2 N–H and O–H groups in total. The zero-order chi connectivity index (χ0) is 16.6. The van der Waals surface area contributed by atoms with Crippen LogP contribution in [0.5, 0.6) is 0 Å². The van der Waals surface area contributed by atoms with Crippen LogP contribution < -0.4 is 0 Å². The van der Waals surface area contributed by atoms with Gasteiger partial charge < -0.3 is 10.2 Å². The second-order valence-corrected chi connectivity index (χ2v) is 10.5. The Morgan fingerprint density at radius 1 is 0.652 bits per heavy atom. The Kier molecular flexibility index (Phi) is 3.54. The van der Waals surface area contributed by atoms with Crippen LogP contribution in [0, 0.1) is 39.9 Å². The van der Waals surface area contributed by atoms with Crippen molar-refractivity contribution in [3.63, 3.8) is 0 Å². The van der Waals surface area contributed by atoms with Gasteiger partial charge in [-0.25, -0.2) is 0 Å². The highest BCUT2D eigenvalue weighted by Gasteiger charge is 2.62. The highest BCUT2D eigenvalue weighted by molar-refractivity contribution is 5.12. The van der Waals surface area contributed by atoms with Crippen molar-refractivity contribution < 1.29 is 10.2 Å². The van der Waals surface area contributed by atoms with E-state index in [9.17, 15) is 10.2 Å². The zero-order valence-electron chi connectivity index (χ0n) is 15.5. The third kappa shape index (κ3) is 2.00. The van der Waals surface area contributed by atoms with E-state index >= 15 is 0 Å². The lowest BCUT2D eigenvalue weighted by atomic mass is 9.41. The second kappa shape index (κ2) is 4.97. The molecule has 0 heterocycles. The van der Waals surface area contributed by atoms with Crippen LogP contribution in [-0.4, -0.2) is 22.4 Å². The molecule has 4 rings (SSSR count). The quantitative estimate of drug-likeness (QED) is 0.695. The highest BCUT2D eigenvalue weighted by atomic mass is 16.3. The summed E-state index contributed by atoms with van der Waals surface area (Å²) in [5.74, 6) is 3.04. The summed E-state index contributed by atoms with van der Waals surface area (Å²) in [6.07, 6.45) is 9.38. The summed E-state index contributed by atoms with van der Waals surface area (Å²) in [5, 5.41) is 21.1. The Morgan fingerprint density at radius 3 is 2.04 bits per heavy atom. The third-order valence-corrected chi connectivity index (χ3v) is 9.53. The van der Waals surface area contributed by atoms with Crippen molar-refractivity contribution in [3.8, 4) is 0 Å². The third-order valence-electron chi connectivity index (χ3n) is 9.53. The summed E-state index contributed by atoms with van der Waals surface area (Å²) in [7, 11) is 0. The van der Waals surface area contributed by atoms with Gasteiger partial charge in [-0.15, -0.1) is 0 Å². The van der Waals surface area contributed by atoms with Gasteiger partial charge in [-0.1, -0.05) is 27.7 Å². The highest BCUT2D eigenvalue weighted by Crippen LogP contribution is 2.68. The lowest BCUT2D eigenvalue weighted by Crippen LogP contribution is -2.59. The molecule has 132 valence electrons. The average molecular weight is 321 g/mol. The van der Waals surface area contributed by atoms with Gasteiger partial charge in [-0.2, -0.15) is 0 Å². The Morgan fingerprint density at radius 2 is 1.30 bits per heavy atom. The topological polar surface area (TPSA) is 40.5 Å². The zero-order valence-corrected chi connectivity index (χ0v) is 15.5. The first kappa shape index (κ1) is 16.4. The van der Waals surface area contributed by atoms with Crippen LogP contribution >= 0.6 is 0 Å². The van der Waals surface area contributed by atoms with Crippen molar-refractivity contribution in [1.82, 2.24) is 0 Å². The molecule has 0 bridgehead atoms. The molecular formula is C21H36O2. The molecule has 23 heavy (non-hydrogen) atoms. The summed E-state index contributed by atoms with van der Waals surface area (Å²) < 4.78 is 0. The summed E-state index contributed by atoms with van der Waals surface area (Å²) in [4.78, 5) is 0. The normalized spacial score (nSPS) is 58.2. The molecule has 2 nitrogen and oxygen atoms in total. The number of hydrogen-bond acceptors (Lipinski definition) is 2. The van der Waals surface area contributed by atoms with E-state index in [1.54, 1.807) is 0 Å². The lowest BCUT2D eigenvalue weighted by molar-refractivity contribution is -0.180. The standard InChI is InChI=1S/C21H36O2/c1-19(2)16-7-5-13-14-6-8-18(23)21(14,4)11-9-15(13)20(16,3)12-10-17(19)22/h13-18,22-23H,5-12H2,1-4H3/t13-,14+,15-,16+,17-,18+,20-,21+/m1/s1.